The molecule has 3 nitrogen and oxygen atoms in total. The topological polar surface area (TPSA) is 45.5 Å². The molecule has 16 heavy (non-hydrogen) atoms. The zero-order valence-electron chi connectivity index (χ0n) is 8.71. The van der Waals surface area contributed by atoms with E-state index in [1.54, 1.807) is 11.3 Å². The largest absolute Gasteiger partial charge is 0.411 e. The number of nitrogens with zero attached hydrogens (tertiary/aromatic N) is 2. The average molecular weight is 232 g/mol. The number of thiazole rings is 1. The third-order valence-corrected chi connectivity index (χ3v) is 3.16. The third-order valence-electron chi connectivity index (χ3n) is 2.23. The summed E-state index contributed by atoms with van der Waals surface area (Å²) in [6.07, 6.45) is 3.26. The van der Waals surface area contributed by atoms with Crippen molar-refractivity contribution in [1.29, 1.82) is 0 Å². The van der Waals surface area contributed by atoms with Crippen LogP contribution in [0.25, 0.3) is 0 Å². The number of aromatic nitrogens is 1. The molecular weight excluding hydrogens is 220 g/mol. The van der Waals surface area contributed by atoms with E-state index < -0.39 is 0 Å². The lowest BCUT2D eigenvalue weighted by Crippen LogP contribution is -1.91. The van der Waals surface area contributed by atoms with Gasteiger partial charge in [0.25, 0.3) is 0 Å². The van der Waals surface area contributed by atoms with Crippen LogP contribution in [0.3, 0.4) is 0 Å². The zero-order valence-corrected chi connectivity index (χ0v) is 9.52. The van der Waals surface area contributed by atoms with Gasteiger partial charge < -0.3 is 5.21 Å². The minimum Gasteiger partial charge on any atom is -0.411 e. The van der Waals surface area contributed by atoms with Gasteiger partial charge in [0.1, 0.15) is 0 Å². The first-order valence-electron chi connectivity index (χ1n) is 5.04. The van der Waals surface area contributed by atoms with E-state index in [1.807, 2.05) is 23.6 Å². The van der Waals surface area contributed by atoms with Crippen molar-refractivity contribution in [3.8, 4) is 0 Å². The summed E-state index contributed by atoms with van der Waals surface area (Å²) in [5.41, 5.74) is 2.03. The molecule has 0 aliphatic heterocycles. The highest BCUT2D eigenvalue weighted by atomic mass is 32.1. The summed E-state index contributed by atoms with van der Waals surface area (Å²) >= 11 is 1.60. The SMILES string of the molecule is O/N=C/c1csc(CCc2ccccc2)n1. The quantitative estimate of drug-likeness (QED) is 0.500. The van der Waals surface area contributed by atoms with E-state index in [9.17, 15) is 0 Å². The number of aryl methyl sites for hydroxylation is 2. The zero-order chi connectivity index (χ0) is 11.2. The van der Waals surface area contributed by atoms with E-state index in [2.05, 4.69) is 22.3 Å². The Morgan fingerprint density at radius 3 is 2.81 bits per heavy atom. The Hall–Kier alpha value is -1.68. The smallest absolute Gasteiger partial charge is 0.0958 e. The fourth-order valence-electron chi connectivity index (χ4n) is 1.45. The highest BCUT2D eigenvalue weighted by molar-refractivity contribution is 7.09. The second-order valence-electron chi connectivity index (χ2n) is 3.40. The van der Waals surface area contributed by atoms with Crippen molar-refractivity contribution in [3.05, 3.63) is 52.0 Å². The Kier molecular flexibility index (Phi) is 3.66. The maximum absolute atomic E-state index is 8.37. The van der Waals surface area contributed by atoms with E-state index in [4.69, 9.17) is 5.21 Å². The molecule has 1 N–H and O–H groups in total. The summed E-state index contributed by atoms with van der Waals surface area (Å²) in [7, 11) is 0. The number of hydrogen-bond donors (Lipinski definition) is 1. The van der Waals surface area contributed by atoms with Crippen LogP contribution in [-0.2, 0) is 12.8 Å². The molecule has 1 heterocycles. The van der Waals surface area contributed by atoms with Gasteiger partial charge in [-0.15, -0.1) is 11.3 Å². The molecule has 0 spiro atoms. The van der Waals surface area contributed by atoms with Crippen molar-refractivity contribution < 1.29 is 5.21 Å². The normalized spacial score (nSPS) is 11.0. The second kappa shape index (κ2) is 5.42. The fraction of sp³-hybridized carbons (Fsp3) is 0.167. The van der Waals surface area contributed by atoms with Crippen LogP contribution in [0, 0.1) is 0 Å². The van der Waals surface area contributed by atoms with Crippen LogP contribution < -0.4 is 0 Å². The van der Waals surface area contributed by atoms with Gasteiger partial charge in [-0.1, -0.05) is 35.5 Å². The van der Waals surface area contributed by atoms with Crippen LogP contribution in [0.5, 0.6) is 0 Å². The molecule has 0 unspecified atom stereocenters. The lowest BCUT2D eigenvalue weighted by Gasteiger charge is -1.97. The Bertz CT molecular complexity index is 465. The van der Waals surface area contributed by atoms with Gasteiger partial charge in [-0.2, -0.15) is 0 Å². The number of oxime groups is 1. The summed E-state index contributed by atoms with van der Waals surface area (Å²) in [4.78, 5) is 4.32. The Balaban J connectivity index is 1.94. The molecule has 82 valence electrons. The minimum atomic E-state index is 0.718. The van der Waals surface area contributed by atoms with Gasteiger partial charge in [0, 0.05) is 11.8 Å². The summed E-state index contributed by atoms with van der Waals surface area (Å²) in [6, 6.07) is 10.3. The molecular formula is C12H12N2OS. The molecule has 2 rings (SSSR count). The van der Waals surface area contributed by atoms with Gasteiger partial charge in [0.2, 0.25) is 0 Å². The molecule has 4 heteroatoms. The Morgan fingerprint density at radius 2 is 2.06 bits per heavy atom. The molecule has 0 aliphatic rings. The van der Waals surface area contributed by atoms with Crippen molar-refractivity contribution in [2.75, 3.05) is 0 Å². The third kappa shape index (κ3) is 2.90. The molecule has 1 aromatic heterocycles. The first-order chi connectivity index (χ1) is 7.88. The van der Waals surface area contributed by atoms with Crippen molar-refractivity contribution in [1.82, 2.24) is 4.98 Å². The van der Waals surface area contributed by atoms with Gasteiger partial charge in [-0.05, 0) is 12.0 Å². The summed E-state index contributed by atoms with van der Waals surface area (Å²) in [5.74, 6) is 0. The van der Waals surface area contributed by atoms with E-state index in [0.29, 0.717) is 0 Å². The Morgan fingerprint density at radius 1 is 1.25 bits per heavy atom. The minimum absolute atomic E-state index is 0.718. The van der Waals surface area contributed by atoms with Crippen LogP contribution in [0.4, 0.5) is 0 Å². The maximum Gasteiger partial charge on any atom is 0.0958 e. The molecule has 1 aromatic carbocycles. The first kappa shape index (κ1) is 10.8. The van der Waals surface area contributed by atoms with Gasteiger partial charge in [0.15, 0.2) is 0 Å². The highest BCUT2D eigenvalue weighted by Crippen LogP contribution is 2.12. The monoisotopic (exact) mass is 232 g/mol. The first-order valence-corrected chi connectivity index (χ1v) is 5.92. The van der Waals surface area contributed by atoms with Crippen molar-refractivity contribution in [3.63, 3.8) is 0 Å². The molecule has 0 fully saturated rings. The highest BCUT2D eigenvalue weighted by Gasteiger charge is 2.00. The van der Waals surface area contributed by atoms with E-state index in [1.165, 1.54) is 11.8 Å². The van der Waals surface area contributed by atoms with Crippen LogP contribution in [0.1, 0.15) is 16.3 Å². The number of rotatable bonds is 4. The predicted molar refractivity (Wildman–Crippen MR) is 65.3 cm³/mol. The molecule has 2 aromatic rings. The number of benzene rings is 1. The van der Waals surface area contributed by atoms with Crippen LogP contribution in [-0.4, -0.2) is 16.4 Å². The molecule has 0 saturated carbocycles. The standard InChI is InChI=1S/C12H12N2OS/c15-13-8-11-9-16-12(14-11)7-6-10-4-2-1-3-5-10/h1-5,8-9,15H,6-7H2/b13-8+. The van der Waals surface area contributed by atoms with Gasteiger partial charge in [0.05, 0.1) is 16.9 Å². The van der Waals surface area contributed by atoms with Crippen molar-refractivity contribution in [2.24, 2.45) is 5.16 Å². The van der Waals surface area contributed by atoms with Gasteiger partial charge >= 0.3 is 0 Å². The molecule has 0 saturated heterocycles. The molecule has 0 radical (unpaired) electrons. The van der Waals surface area contributed by atoms with E-state index in [0.717, 1.165) is 23.5 Å². The molecule has 0 amide bonds. The predicted octanol–water partition coefficient (Wildman–Crippen LogP) is 2.74. The summed E-state index contributed by atoms with van der Waals surface area (Å²) < 4.78 is 0. The Labute approximate surface area is 98.1 Å². The van der Waals surface area contributed by atoms with Crippen LogP contribution in [0.15, 0.2) is 40.9 Å². The molecule has 0 aliphatic carbocycles. The van der Waals surface area contributed by atoms with E-state index >= 15 is 0 Å². The molecule has 0 bridgehead atoms. The molecule has 0 atom stereocenters. The van der Waals surface area contributed by atoms with Crippen molar-refractivity contribution in [2.45, 2.75) is 12.8 Å². The second-order valence-corrected chi connectivity index (χ2v) is 4.34. The summed E-state index contributed by atoms with van der Waals surface area (Å²) in [5, 5.41) is 14.3. The average Bonchev–Trinajstić information content (AvgIpc) is 2.76. The van der Waals surface area contributed by atoms with Crippen molar-refractivity contribution >= 4 is 17.6 Å². The van der Waals surface area contributed by atoms with Gasteiger partial charge in [-0.25, -0.2) is 4.98 Å². The summed E-state index contributed by atoms with van der Waals surface area (Å²) in [6.45, 7) is 0. The lowest BCUT2D eigenvalue weighted by atomic mass is 10.1. The maximum atomic E-state index is 8.37. The van der Waals surface area contributed by atoms with E-state index in [-0.39, 0.29) is 0 Å². The van der Waals surface area contributed by atoms with Gasteiger partial charge in [-0.3, -0.25) is 0 Å². The fourth-order valence-corrected chi connectivity index (χ4v) is 2.20. The lowest BCUT2D eigenvalue weighted by molar-refractivity contribution is 0.321. The van der Waals surface area contributed by atoms with Crippen LogP contribution >= 0.6 is 11.3 Å². The number of hydrogen-bond acceptors (Lipinski definition) is 4. The van der Waals surface area contributed by atoms with Crippen LogP contribution in [0.2, 0.25) is 0 Å².